The lowest BCUT2D eigenvalue weighted by Gasteiger charge is -2.25. The minimum Gasteiger partial charge on any atom is -0.398 e. The maximum Gasteiger partial charge on any atom is 0.130 e. The van der Waals surface area contributed by atoms with Crippen LogP contribution in [0.5, 0.6) is 0 Å². The predicted octanol–water partition coefficient (Wildman–Crippen LogP) is 2.60. The van der Waals surface area contributed by atoms with Gasteiger partial charge in [0, 0.05) is 30.5 Å². The van der Waals surface area contributed by atoms with Crippen LogP contribution in [0.25, 0.3) is 0 Å². The number of anilines is 2. The monoisotopic (exact) mass is 219 g/mol. The topological polar surface area (TPSA) is 42.2 Å². The quantitative estimate of drug-likeness (QED) is 0.846. The van der Waals surface area contributed by atoms with E-state index in [1.807, 2.05) is 19.2 Å². The molecular weight excluding hydrogens is 198 g/mol. The van der Waals surface area contributed by atoms with Crippen molar-refractivity contribution in [3.63, 3.8) is 0 Å². The second-order valence-electron chi connectivity index (χ2n) is 5.18. The Morgan fingerprint density at radius 3 is 2.69 bits per heavy atom. The number of aryl methyl sites for hydroxylation is 1. The highest BCUT2D eigenvalue weighted by atomic mass is 15.2. The summed E-state index contributed by atoms with van der Waals surface area (Å²) in [6.45, 7) is 7.55. The van der Waals surface area contributed by atoms with Gasteiger partial charge in [-0.2, -0.15) is 0 Å². The van der Waals surface area contributed by atoms with E-state index in [4.69, 9.17) is 5.73 Å². The number of nitrogens with zero attached hydrogens (tertiary/aromatic N) is 2. The molecule has 1 aromatic rings. The van der Waals surface area contributed by atoms with Crippen molar-refractivity contribution in [1.82, 2.24) is 4.98 Å². The summed E-state index contributed by atoms with van der Waals surface area (Å²) >= 11 is 0. The molecule has 88 valence electrons. The fraction of sp³-hybridized carbons (Fsp3) is 0.615. The average Bonchev–Trinajstić information content (AvgIpc) is 3.02. The van der Waals surface area contributed by atoms with Crippen LogP contribution in [0.4, 0.5) is 11.5 Å². The van der Waals surface area contributed by atoms with Gasteiger partial charge >= 0.3 is 0 Å². The van der Waals surface area contributed by atoms with Gasteiger partial charge < -0.3 is 10.6 Å². The van der Waals surface area contributed by atoms with Gasteiger partial charge in [0.15, 0.2) is 0 Å². The molecule has 1 aliphatic carbocycles. The van der Waals surface area contributed by atoms with Crippen LogP contribution in [0.1, 0.15) is 32.3 Å². The van der Waals surface area contributed by atoms with E-state index in [0.29, 0.717) is 12.0 Å². The smallest absolute Gasteiger partial charge is 0.130 e. The second-order valence-corrected chi connectivity index (χ2v) is 5.18. The molecule has 0 amide bonds. The van der Waals surface area contributed by atoms with Crippen molar-refractivity contribution in [3.8, 4) is 0 Å². The Kier molecular flexibility index (Phi) is 3.03. The van der Waals surface area contributed by atoms with E-state index >= 15 is 0 Å². The van der Waals surface area contributed by atoms with Gasteiger partial charge in [-0.05, 0) is 31.2 Å². The van der Waals surface area contributed by atoms with Crippen molar-refractivity contribution < 1.29 is 0 Å². The van der Waals surface area contributed by atoms with E-state index in [0.717, 1.165) is 23.6 Å². The Labute approximate surface area is 97.7 Å². The fourth-order valence-corrected chi connectivity index (χ4v) is 1.89. The van der Waals surface area contributed by atoms with Crippen molar-refractivity contribution in [2.75, 3.05) is 17.2 Å². The highest BCUT2D eigenvalue weighted by Gasteiger charge is 2.30. The van der Waals surface area contributed by atoms with Crippen LogP contribution in [-0.4, -0.2) is 17.6 Å². The minimum atomic E-state index is 0.657. The third kappa shape index (κ3) is 2.46. The molecule has 0 saturated heterocycles. The number of hydrogen-bond acceptors (Lipinski definition) is 3. The molecule has 0 aliphatic heterocycles. The third-order valence-electron chi connectivity index (χ3n) is 2.97. The van der Waals surface area contributed by atoms with Crippen molar-refractivity contribution in [2.45, 2.75) is 39.7 Å². The van der Waals surface area contributed by atoms with Crippen molar-refractivity contribution >= 4 is 11.5 Å². The maximum atomic E-state index is 5.94. The zero-order valence-electron chi connectivity index (χ0n) is 10.4. The predicted molar refractivity (Wildman–Crippen MR) is 68.6 cm³/mol. The lowest BCUT2D eigenvalue weighted by molar-refractivity contribution is 0.603. The van der Waals surface area contributed by atoms with Gasteiger partial charge in [0.1, 0.15) is 5.82 Å². The van der Waals surface area contributed by atoms with E-state index in [1.54, 1.807) is 0 Å². The van der Waals surface area contributed by atoms with Gasteiger partial charge in [-0.25, -0.2) is 4.98 Å². The SMILES string of the molecule is Cc1cnc(N(CC(C)C)C2CC2)cc1N. The summed E-state index contributed by atoms with van der Waals surface area (Å²) < 4.78 is 0. The highest BCUT2D eigenvalue weighted by molar-refractivity contribution is 5.55. The molecule has 0 spiro atoms. The van der Waals surface area contributed by atoms with Crippen LogP contribution >= 0.6 is 0 Å². The molecule has 1 fully saturated rings. The summed E-state index contributed by atoms with van der Waals surface area (Å²) in [5, 5.41) is 0. The molecule has 3 nitrogen and oxygen atoms in total. The van der Waals surface area contributed by atoms with Gasteiger partial charge in [-0.15, -0.1) is 0 Å². The molecule has 2 rings (SSSR count). The molecule has 16 heavy (non-hydrogen) atoms. The Balaban J connectivity index is 2.20. The zero-order chi connectivity index (χ0) is 11.7. The fourth-order valence-electron chi connectivity index (χ4n) is 1.89. The number of hydrogen-bond donors (Lipinski definition) is 1. The molecule has 3 heteroatoms. The number of nitrogens with two attached hydrogens (primary N) is 1. The van der Waals surface area contributed by atoms with E-state index < -0.39 is 0 Å². The lowest BCUT2D eigenvalue weighted by atomic mass is 10.2. The molecule has 2 N–H and O–H groups in total. The first kappa shape index (κ1) is 11.2. The van der Waals surface area contributed by atoms with Crippen molar-refractivity contribution in [2.24, 2.45) is 5.92 Å². The standard InChI is InChI=1S/C13H21N3/c1-9(2)8-16(11-4-5-11)13-6-12(14)10(3)7-15-13/h6-7,9,11H,4-5,8H2,1-3H3,(H2,14,15). The molecule has 0 unspecified atom stereocenters. The van der Waals surface area contributed by atoms with Gasteiger partial charge in [0.05, 0.1) is 0 Å². The van der Waals surface area contributed by atoms with Gasteiger partial charge in [-0.1, -0.05) is 13.8 Å². The van der Waals surface area contributed by atoms with E-state index in [-0.39, 0.29) is 0 Å². The molecule has 1 aliphatic rings. The summed E-state index contributed by atoms with van der Waals surface area (Å²) in [4.78, 5) is 6.90. The Bertz CT molecular complexity index is 369. The van der Waals surface area contributed by atoms with Gasteiger partial charge in [-0.3, -0.25) is 0 Å². The number of pyridine rings is 1. The molecule has 0 atom stereocenters. The normalized spacial score (nSPS) is 15.5. The summed E-state index contributed by atoms with van der Waals surface area (Å²) in [6.07, 6.45) is 4.46. The first-order valence-electron chi connectivity index (χ1n) is 6.06. The molecule has 1 heterocycles. The number of aromatic nitrogens is 1. The van der Waals surface area contributed by atoms with Crippen LogP contribution in [-0.2, 0) is 0 Å². The number of rotatable bonds is 4. The van der Waals surface area contributed by atoms with Crippen LogP contribution < -0.4 is 10.6 Å². The summed E-state index contributed by atoms with van der Waals surface area (Å²) in [7, 11) is 0. The molecular formula is C13H21N3. The van der Waals surface area contributed by atoms with Crippen LogP contribution in [0.3, 0.4) is 0 Å². The number of nitrogen functional groups attached to an aromatic ring is 1. The zero-order valence-corrected chi connectivity index (χ0v) is 10.4. The molecule has 1 aromatic heterocycles. The van der Waals surface area contributed by atoms with E-state index in [2.05, 4.69) is 23.7 Å². The van der Waals surface area contributed by atoms with Crippen LogP contribution in [0, 0.1) is 12.8 Å². The lowest BCUT2D eigenvalue weighted by Crippen LogP contribution is -2.30. The van der Waals surface area contributed by atoms with E-state index in [1.165, 1.54) is 12.8 Å². The van der Waals surface area contributed by atoms with E-state index in [9.17, 15) is 0 Å². The Morgan fingerprint density at radius 2 is 2.19 bits per heavy atom. The molecule has 1 saturated carbocycles. The maximum absolute atomic E-state index is 5.94. The van der Waals surface area contributed by atoms with Crippen molar-refractivity contribution in [1.29, 1.82) is 0 Å². The molecule has 0 radical (unpaired) electrons. The first-order chi connectivity index (χ1) is 7.58. The second kappa shape index (κ2) is 4.32. The van der Waals surface area contributed by atoms with Crippen molar-refractivity contribution in [3.05, 3.63) is 17.8 Å². The average molecular weight is 219 g/mol. The summed E-state index contributed by atoms with van der Waals surface area (Å²) in [6, 6.07) is 2.70. The van der Waals surface area contributed by atoms with Crippen LogP contribution in [0.2, 0.25) is 0 Å². The summed E-state index contributed by atoms with van der Waals surface area (Å²) in [5.41, 5.74) is 7.85. The highest BCUT2D eigenvalue weighted by Crippen LogP contribution is 2.32. The Hall–Kier alpha value is -1.25. The minimum absolute atomic E-state index is 0.657. The molecule has 0 aromatic carbocycles. The van der Waals surface area contributed by atoms with Gasteiger partial charge in [0.2, 0.25) is 0 Å². The summed E-state index contributed by atoms with van der Waals surface area (Å²) in [5.74, 6) is 1.70. The van der Waals surface area contributed by atoms with Crippen LogP contribution in [0.15, 0.2) is 12.3 Å². The Morgan fingerprint density at radius 1 is 1.50 bits per heavy atom. The van der Waals surface area contributed by atoms with Gasteiger partial charge in [0.25, 0.3) is 0 Å². The first-order valence-corrected chi connectivity index (χ1v) is 6.06. The molecule has 0 bridgehead atoms. The third-order valence-corrected chi connectivity index (χ3v) is 2.97. The largest absolute Gasteiger partial charge is 0.398 e.